The molecule has 0 spiro atoms. The van der Waals surface area contributed by atoms with Crippen molar-refractivity contribution in [1.29, 1.82) is 0 Å². The maximum Gasteiger partial charge on any atom is 0.240 e. The SMILES string of the molecule is COc1ccc(CCNS(=O)(=O)c2ccc(Br)c(C)c2)cc1. The Balaban J connectivity index is 1.98. The maximum atomic E-state index is 12.2. The fraction of sp³-hybridized carbons (Fsp3) is 0.250. The Morgan fingerprint density at radius 1 is 1.14 bits per heavy atom. The third-order valence-electron chi connectivity index (χ3n) is 3.30. The summed E-state index contributed by atoms with van der Waals surface area (Å²) < 4.78 is 33.1. The molecule has 2 aromatic carbocycles. The lowest BCUT2D eigenvalue weighted by atomic mass is 10.1. The molecule has 0 fully saturated rings. The zero-order chi connectivity index (χ0) is 16.2. The molecule has 2 rings (SSSR count). The first kappa shape index (κ1) is 17.0. The molecule has 0 heterocycles. The van der Waals surface area contributed by atoms with Crippen LogP contribution in [0.3, 0.4) is 0 Å². The highest BCUT2D eigenvalue weighted by Crippen LogP contribution is 2.20. The lowest BCUT2D eigenvalue weighted by molar-refractivity contribution is 0.414. The quantitative estimate of drug-likeness (QED) is 0.832. The number of aryl methyl sites for hydroxylation is 1. The highest BCUT2D eigenvalue weighted by molar-refractivity contribution is 9.10. The topological polar surface area (TPSA) is 55.4 Å². The minimum Gasteiger partial charge on any atom is -0.497 e. The molecular weight excluding hydrogens is 366 g/mol. The summed E-state index contributed by atoms with van der Waals surface area (Å²) in [5.74, 6) is 0.787. The van der Waals surface area contributed by atoms with E-state index in [1.165, 1.54) is 0 Å². The summed E-state index contributed by atoms with van der Waals surface area (Å²) in [5.41, 5.74) is 1.94. The van der Waals surface area contributed by atoms with Crippen molar-refractivity contribution in [3.8, 4) is 5.75 Å². The maximum absolute atomic E-state index is 12.2. The molecule has 6 heteroatoms. The van der Waals surface area contributed by atoms with Gasteiger partial charge in [-0.15, -0.1) is 0 Å². The second-order valence-corrected chi connectivity index (χ2v) is 7.53. The van der Waals surface area contributed by atoms with Gasteiger partial charge in [0.25, 0.3) is 0 Å². The van der Waals surface area contributed by atoms with E-state index in [1.54, 1.807) is 25.3 Å². The fourth-order valence-corrected chi connectivity index (χ4v) is 3.35. The first-order valence-corrected chi connectivity index (χ1v) is 9.09. The van der Waals surface area contributed by atoms with Gasteiger partial charge in [0, 0.05) is 11.0 Å². The number of halogens is 1. The van der Waals surface area contributed by atoms with Crippen LogP contribution in [0.5, 0.6) is 5.75 Å². The number of sulfonamides is 1. The summed E-state index contributed by atoms with van der Waals surface area (Å²) in [6.07, 6.45) is 0.624. The highest BCUT2D eigenvalue weighted by atomic mass is 79.9. The first-order valence-electron chi connectivity index (χ1n) is 6.81. The van der Waals surface area contributed by atoms with Crippen LogP contribution in [0.15, 0.2) is 51.8 Å². The van der Waals surface area contributed by atoms with Crippen molar-refractivity contribution < 1.29 is 13.2 Å². The Morgan fingerprint density at radius 3 is 2.41 bits per heavy atom. The molecule has 1 N–H and O–H groups in total. The van der Waals surface area contributed by atoms with Gasteiger partial charge in [0.2, 0.25) is 10.0 Å². The average Bonchev–Trinajstić information content (AvgIpc) is 2.50. The Kier molecular flexibility index (Phi) is 5.61. The number of ether oxygens (including phenoxy) is 1. The van der Waals surface area contributed by atoms with Gasteiger partial charge in [-0.3, -0.25) is 0 Å². The van der Waals surface area contributed by atoms with E-state index in [9.17, 15) is 8.42 Å². The standard InChI is InChI=1S/C16H18BrNO3S/c1-12-11-15(7-8-16(12)17)22(19,20)18-10-9-13-3-5-14(21-2)6-4-13/h3-8,11,18H,9-10H2,1-2H3. The van der Waals surface area contributed by atoms with Gasteiger partial charge in [-0.25, -0.2) is 13.1 Å². The zero-order valence-electron chi connectivity index (χ0n) is 12.5. The summed E-state index contributed by atoms with van der Waals surface area (Å²) in [5, 5.41) is 0. The lowest BCUT2D eigenvalue weighted by Gasteiger charge is -2.08. The van der Waals surface area contributed by atoms with Crippen LogP contribution in [0, 0.1) is 6.92 Å². The fourth-order valence-electron chi connectivity index (χ4n) is 1.99. The van der Waals surface area contributed by atoms with Crippen LogP contribution in [0.4, 0.5) is 0 Å². The summed E-state index contributed by atoms with van der Waals surface area (Å²) >= 11 is 3.37. The van der Waals surface area contributed by atoms with E-state index in [0.717, 1.165) is 21.3 Å². The monoisotopic (exact) mass is 383 g/mol. The molecule has 0 atom stereocenters. The zero-order valence-corrected chi connectivity index (χ0v) is 14.9. The van der Waals surface area contributed by atoms with E-state index in [-0.39, 0.29) is 4.90 Å². The summed E-state index contributed by atoms with van der Waals surface area (Å²) in [4.78, 5) is 0.280. The molecule has 0 amide bonds. The number of rotatable bonds is 6. The summed E-state index contributed by atoms with van der Waals surface area (Å²) in [7, 11) is -1.86. The molecule has 118 valence electrons. The van der Waals surface area contributed by atoms with Crippen molar-refractivity contribution in [2.45, 2.75) is 18.2 Å². The second kappa shape index (κ2) is 7.26. The van der Waals surface area contributed by atoms with Crippen molar-refractivity contribution in [3.05, 3.63) is 58.1 Å². The van der Waals surface area contributed by atoms with E-state index in [4.69, 9.17) is 4.74 Å². The minimum atomic E-state index is -3.48. The summed E-state index contributed by atoms with van der Waals surface area (Å²) in [6, 6.07) is 12.6. The molecule has 4 nitrogen and oxygen atoms in total. The largest absolute Gasteiger partial charge is 0.497 e. The van der Waals surface area contributed by atoms with Crippen molar-refractivity contribution in [2.75, 3.05) is 13.7 Å². The molecular formula is C16H18BrNO3S. The van der Waals surface area contributed by atoms with Crippen LogP contribution in [0.25, 0.3) is 0 Å². The molecule has 0 saturated carbocycles. The van der Waals surface area contributed by atoms with Gasteiger partial charge < -0.3 is 4.74 Å². The molecule has 0 aromatic heterocycles. The van der Waals surface area contributed by atoms with Crippen LogP contribution < -0.4 is 9.46 Å². The number of hydrogen-bond donors (Lipinski definition) is 1. The Bertz CT molecular complexity index is 742. The van der Waals surface area contributed by atoms with Crippen LogP contribution in [0.1, 0.15) is 11.1 Å². The second-order valence-electron chi connectivity index (χ2n) is 4.91. The van der Waals surface area contributed by atoms with Crippen LogP contribution >= 0.6 is 15.9 Å². The Labute approximate surface area is 139 Å². The number of methoxy groups -OCH3 is 1. The molecule has 0 unspecified atom stereocenters. The van der Waals surface area contributed by atoms with Crippen LogP contribution in [-0.2, 0) is 16.4 Å². The Hall–Kier alpha value is -1.37. The molecule has 0 aliphatic rings. The molecule has 22 heavy (non-hydrogen) atoms. The number of hydrogen-bond acceptors (Lipinski definition) is 3. The first-order chi connectivity index (χ1) is 10.4. The van der Waals surface area contributed by atoms with Crippen molar-refractivity contribution >= 4 is 26.0 Å². The molecule has 0 saturated heterocycles. The van der Waals surface area contributed by atoms with Gasteiger partial charge in [0.05, 0.1) is 12.0 Å². The van der Waals surface area contributed by atoms with Gasteiger partial charge in [0.1, 0.15) is 5.75 Å². The van der Waals surface area contributed by atoms with Gasteiger partial charge in [0.15, 0.2) is 0 Å². The molecule has 0 bridgehead atoms. The van der Waals surface area contributed by atoms with Gasteiger partial charge >= 0.3 is 0 Å². The van der Waals surface area contributed by atoms with Gasteiger partial charge in [-0.2, -0.15) is 0 Å². The molecule has 0 aliphatic carbocycles. The van der Waals surface area contributed by atoms with E-state index < -0.39 is 10.0 Å². The minimum absolute atomic E-state index is 0.280. The van der Waals surface area contributed by atoms with Gasteiger partial charge in [-0.05, 0) is 54.8 Å². The van der Waals surface area contributed by atoms with E-state index in [2.05, 4.69) is 20.7 Å². The van der Waals surface area contributed by atoms with E-state index in [0.29, 0.717) is 13.0 Å². The molecule has 0 aliphatic heterocycles. The number of benzene rings is 2. The van der Waals surface area contributed by atoms with Crippen molar-refractivity contribution in [2.24, 2.45) is 0 Å². The predicted octanol–water partition coefficient (Wildman–Crippen LogP) is 3.29. The summed E-state index contributed by atoms with van der Waals surface area (Å²) in [6.45, 7) is 2.21. The Morgan fingerprint density at radius 2 is 1.82 bits per heavy atom. The van der Waals surface area contributed by atoms with Crippen LogP contribution in [-0.4, -0.2) is 22.1 Å². The van der Waals surface area contributed by atoms with E-state index in [1.807, 2.05) is 31.2 Å². The van der Waals surface area contributed by atoms with Gasteiger partial charge in [-0.1, -0.05) is 28.1 Å². The average molecular weight is 384 g/mol. The predicted molar refractivity (Wildman–Crippen MR) is 90.8 cm³/mol. The smallest absolute Gasteiger partial charge is 0.240 e. The van der Waals surface area contributed by atoms with Crippen LogP contribution in [0.2, 0.25) is 0 Å². The van der Waals surface area contributed by atoms with Crippen molar-refractivity contribution in [3.63, 3.8) is 0 Å². The number of nitrogens with one attached hydrogen (secondary N) is 1. The van der Waals surface area contributed by atoms with Crippen molar-refractivity contribution in [1.82, 2.24) is 4.72 Å². The normalized spacial score (nSPS) is 11.4. The van der Waals surface area contributed by atoms with E-state index >= 15 is 0 Å². The third kappa shape index (κ3) is 4.32. The molecule has 2 aromatic rings. The highest BCUT2D eigenvalue weighted by Gasteiger charge is 2.14. The molecule has 0 radical (unpaired) electrons. The third-order valence-corrected chi connectivity index (χ3v) is 5.65. The lowest BCUT2D eigenvalue weighted by Crippen LogP contribution is -2.26.